The van der Waals surface area contributed by atoms with Crippen LogP contribution in [0.3, 0.4) is 0 Å². The third-order valence-electron chi connectivity index (χ3n) is 4.93. The molecule has 29 heavy (non-hydrogen) atoms. The van der Waals surface area contributed by atoms with E-state index in [4.69, 9.17) is 9.84 Å². The molecule has 3 aromatic rings. The molecule has 1 aliphatic rings. The third-order valence-corrected chi connectivity index (χ3v) is 4.93. The molecule has 1 aromatic carbocycles. The summed E-state index contributed by atoms with van der Waals surface area (Å²) in [6.45, 7) is 1.05. The van der Waals surface area contributed by atoms with Crippen LogP contribution in [-0.2, 0) is 0 Å². The number of nitrogens with one attached hydrogen (secondary N) is 1. The third kappa shape index (κ3) is 3.96. The van der Waals surface area contributed by atoms with Gasteiger partial charge in [-0.1, -0.05) is 6.07 Å². The molecular weight excluding hydrogens is 374 g/mol. The maximum absolute atomic E-state index is 11.0. The van der Waals surface area contributed by atoms with E-state index in [1.165, 1.54) is 11.2 Å². The molecule has 0 aliphatic carbocycles. The molecule has 0 spiro atoms. The Hall–Kier alpha value is -3.69. The van der Waals surface area contributed by atoms with E-state index in [0.29, 0.717) is 24.6 Å². The summed E-state index contributed by atoms with van der Waals surface area (Å²) in [7, 11) is 1.62. The number of anilines is 1. The van der Waals surface area contributed by atoms with E-state index in [-0.39, 0.29) is 5.92 Å². The van der Waals surface area contributed by atoms with E-state index in [2.05, 4.69) is 25.6 Å². The van der Waals surface area contributed by atoms with Crippen molar-refractivity contribution in [2.45, 2.75) is 12.8 Å². The molecule has 0 saturated carbocycles. The molecule has 10 nitrogen and oxygen atoms in total. The highest BCUT2D eigenvalue weighted by atomic mass is 16.5. The minimum Gasteiger partial charge on any atom is -0.497 e. The minimum atomic E-state index is -0.866. The van der Waals surface area contributed by atoms with Gasteiger partial charge in [0, 0.05) is 25.4 Å². The second-order valence-electron chi connectivity index (χ2n) is 6.71. The molecule has 0 bridgehead atoms. The number of benzene rings is 1. The van der Waals surface area contributed by atoms with Gasteiger partial charge in [-0.05, 0) is 30.9 Å². The van der Waals surface area contributed by atoms with Crippen molar-refractivity contribution in [2.24, 2.45) is 11.0 Å². The van der Waals surface area contributed by atoms with E-state index in [1.807, 2.05) is 30.5 Å². The molecule has 1 aliphatic heterocycles. The molecule has 0 radical (unpaired) electrons. The first-order valence-electron chi connectivity index (χ1n) is 9.26. The van der Waals surface area contributed by atoms with Gasteiger partial charge in [0.15, 0.2) is 11.5 Å². The molecular formula is C19H21N7O3. The highest BCUT2D eigenvalue weighted by Gasteiger charge is 2.21. The Balaban J connectivity index is 1.49. The SMILES string of the molecule is COc1cccc(-n2ncc3c(NN=CC4CCN(C(=O)O)CC4)ncnc32)c1. The summed E-state index contributed by atoms with van der Waals surface area (Å²) in [5.41, 5.74) is 4.45. The highest BCUT2D eigenvalue weighted by Crippen LogP contribution is 2.23. The zero-order valence-electron chi connectivity index (χ0n) is 15.9. The number of carbonyl (C=O) groups is 1. The van der Waals surface area contributed by atoms with Crippen molar-refractivity contribution in [3.63, 3.8) is 0 Å². The number of ether oxygens (including phenoxy) is 1. The van der Waals surface area contributed by atoms with Crippen molar-refractivity contribution in [3.8, 4) is 11.4 Å². The van der Waals surface area contributed by atoms with Crippen molar-refractivity contribution in [1.29, 1.82) is 0 Å². The van der Waals surface area contributed by atoms with Gasteiger partial charge in [0.2, 0.25) is 0 Å². The van der Waals surface area contributed by atoms with Crippen LogP contribution in [0.25, 0.3) is 16.7 Å². The van der Waals surface area contributed by atoms with E-state index in [1.54, 1.807) is 18.0 Å². The van der Waals surface area contributed by atoms with Gasteiger partial charge in [0.1, 0.15) is 12.1 Å². The van der Waals surface area contributed by atoms with Crippen molar-refractivity contribution in [2.75, 3.05) is 25.6 Å². The number of methoxy groups -OCH3 is 1. The second-order valence-corrected chi connectivity index (χ2v) is 6.71. The van der Waals surface area contributed by atoms with Gasteiger partial charge in [-0.25, -0.2) is 19.4 Å². The normalized spacial score (nSPS) is 15.1. The first kappa shape index (κ1) is 18.7. The Morgan fingerprint density at radius 1 is 1.34 bits per heavy atom. The quantitative estimate of drug-likeness (QED) is 0.503. The van der Waals surface area contributed by atoms with Crippen LogP contribution in [0.15, 0.2) is 41.9 Å². The highest BCUT2D eigenvalue weighted by molar-refractivity contribution is 5.87. The smallest absolute Gasteiger partial charge is 0.407 e. The average Bonchev–Trinajstić information content (AvgIpc) is 3.19. The monoisotopic (exact) mass is 395 g/mol. The Morgan fingerprint density at radius 2 is 2.17 bits per heavy atom. The summed E-state index contributed by atoms with van der Waals surface area (Å²) in [5, 5.41) is 18.5. The first-order valence-corrected chi connectivity index (χ1v) is 9.26. The summed E-state index contributed by atoms with van der Waals surface area (Å²) in [6.07, 6.45) is 5.62. The van der Waals surface area contributed by atoms with Gasteiger partial charge in [-0.3, -0.25) is 5.43 Å². The molecule has 1 saturated heterocycles. The number of carboxylic acid groups (broad SMARTS) is 1. The molecule has 0 atom stereocenters. The van der Waals surface area contributed by atoms with E-state index in [0.717, 1.165) is 29.7 Å². The summed E-state index contributed by atoms with van der Waals surface area (Å²) in [5.74, 6) is 1.52. The van der Waals surface area contributed by atoms with Gasteiger partial charge in [0.05, 0.1) is 24.4 Å². The van der Waals surface area contributed by atoms with Gasteiger partial charge in [0.25, 0.3) is 0 Å². The van der Waals surface area contributed by atoms with Crippen LogP contribution in [0.4, 0.5) is 10.6 Å². The van der Waals surface area contributed by atoms with Crippen molar-refractivity contribution >= 4 is 29.2 Å². The fourth-order valence-electron chi connectivity index (χ4n) is 3.31. The van der Waals surface area contributed by atoms with E-state index in [9.17, 15) is 4.79 Å². The number of amides is 1. The van der Waals surface area contributed by atoms with Crippen LogP contribution in [-0.4, -0.2) is 62.3 Å². The molecule has 1 amide bonds. The lowest BCUT2D eigenvalue weighted by molar-refractivity contribution is 0.131. The van der Waals surface area contributed by atoms with Crippen LogP contribution < -0.4 is 10.2 Å². The summed E-state index contributed by atoms with van der Waals surface area (Å²) < 4.78 is 7.00. The number of hydrogen-bond acceptors (Lipinski definition) is 7. The Bertz CT molecular complexity index is 1040. The Morgan fingerprint density at radius 3 is 2.93 bits per heavy atom. The molecule has 2 N–H and O–H groups in total. The number of hydrogen-bond donors (Lipinski definition) is 2. The minimum absolute atomic E-state index is 0.231. The van der Waals surface area contributed by atoms with Gasteiger partial charge in [-0.2, -0.15) is 10.2 Å². The second kappa shape index (κ2) is 8.13. The zero-order valence-corrected chi connectivity index (χ0v) is 15.9. The van der Waals surface area contributed by atoms with Crippen LogP contribution in [0.1, 0.15) is 12.8 Å². The number of hydrazone groups is 1. The molecule has 150 valence electrons. The molecule has 4 rings (SSSR count). The maximum Gasteiger partial charge on any atom is 0.407 e. The molecule has 10 heteroatoms. The van der Waals surface area contributed by atoms with Crippen molar-refractivity contribution in [1.82, 2.24) is 24.6 Å². The Kier molecular flexibility index (Phi) is 5.23. The van der Waals surface area contributed by atoms with E-state index >= 15 is 0 Å². The lowest BCUT2D eigenvalue weighted by Crippen LogP contribution is -2.37. The van der Waals surface area contributed by atoms with Crippen molar-refractivity contribution < 1.29 is 14.6 Å². The largest absolute Gasteiger partial charge is 0.497 e. The molecule has 0 unspecified atom stereocenters. The van der Waals surface area contributed by atoms with E-state index < -0.39 is 6.09 Å². The lowest BCUT2D eigenvalue weighted by atomic mass is 9.99. The van der Waals surface area contributed by atoms with Crippen molar-refractivity contribution in [3.05, 3.63) is 36.8 Å². The predicted molar refractivity (Wildman–Crippen MR) is 108 cm³/mol. The topological polar surface area (TPSA) is 118 Å². The predicted octanol–water partition coefficient (Wildman–Crippen LogP) is 2.61. The number of rotatable bonds is 5. The van der Waals surface area contributed by atoms with Crippen LogP contribution in [0.2, 0.25) is 0 Å². The number of fused-ring (bicyclic) bond motifs is 1. The summed E-state index contributed by atoms with van der Waals surface area (Å²) >= 11 is 0. The van der Waals surface area contributed by atoms with Crippen LogP contribution in [0.5, 0.6) is 5.75 Å². The Labute approximate surface area is 166 Å². The standard InChI is InChI=1S/C19H21N7O3/c1-29-15-4-2-3-14(9-15)26-18-16(11-23-26)17(20-12-21-18)24-22-10-13-5-7-25(8-6-13)19(27)28/h2-4,9-13H,5-8H2,1H3,(H,27,28)(H,20,21,24). The average molecular weight is 395 g/mol. The number of aromatic nitrogens is 4. The van der Waals surface area contributed by atoms with Gasteiger partial charge < -0.3 is 14.7 Å². The number of piperidine rings is 1. The summed E-state index contributed by atoms with van der Waals surface area (Å²) in [6, 6.07) is 7.56. The fraction of sp³-hybridized carbons (Fsp3) is 0.316. The van der Waals surface area contributed by atoms with Crippen LogP contribution >= 0.6 is 0 Å². The van der Waals surface area contributed by atoms with Crippen LogP contribution in [0, 0.1) is 5.92 Å². The number of likely N-dealkylation sites (tertiary alicyclic amines) is 1. The zero-order chi connectivity index (χ0) is 20.2. The fourth-order valence-corrected chi connectivity index (χ4v) is 3.31. The number of nitrogens with zero attached hydrogens (tertiary/aromatic N) is 6. The molecule has 3 heterocycles. The first-order chi connectivity index (χ1) is 14.2. The van der Waals surface area contributed by atoms with Gasteiger partial charge >= 0.3 is 6.09 Å². The summed E-state index contributed by atoms with van der Waals surface area (Å²) in [4.78, 5) is 21.0. The molecule has 1 fully saturated rings. The molecule has 2 aromatic heterocycles. The lowest BCUT2D eigenvalue weighted by Gasteiger charge is -2.27. The maximum atomic E-state index is 11.0. The van der Waals surface area contributed by atoms with Gasteiger partial charge in [-0.15, -0.1) is 0 Å².